The molecule has 1 fully saturated rings. The largest absolute Gasteiger partial charge is 0.348 e. The van der Waals surface area contributed by atoms with E-state index in [4.69, 9.17) is 17.3 Å². The molecule has 1 aromatic carbocycles. The van der Waals surface area contributed by atoms with Crippen molar-refractivity contribution in [1.29, 1.82) is 0 Å². The fraction of sp³-hybridized carbons (Fsp3) is 0.500. The number of benzene rings is 1. The zero-order valence-corrected chi connectivity index (χ0v) is 11.3. The molecule has 2 atom stereocenters. The number of hydrogen-bond donors (Lipinski definition) is 2. The lowest BCUT2D eigenvalue weighted by atomic mass is 9.91. The van der Waals surface area contributed by atoms with E-state index >= 15 is 0 Å². The summed E-state index contributed by atoms with van der Waals surface area (Å²) >= 11 is 6.15. The van der Waals surface area contributed by atoms with Crippen molar-refractivity contribution < 1.29 is 4.79 Å². The van der Waals surface area contributed by atoms with E-state index in [-0.39, 0.29) is 18.0 Å². The molecule has 0 bridgehead atoms. The summed E-state index contributed by atoms with van der Waals surface area (Å²) in [6, 6.07) is 5.62. The number of rotatable bonds is 2. The molecule has 1 saturated carbocycles. The lowest BCUT2D eigenvalue weighted by Crippen LogP contribution is -2.49. The van der Waals surface area contributed by atoms with E-state index in [2.05, 4.69) is 5.32 Å². The van der Waals surface area contributed by atoms with Crippen LogP contribution in [-0.4, -0.2) is 18.0 Å². The third-order valence-corrected chi connectivity index (χ3v) is 4.07. The fourth-order valence-electron chi connectivity index (χ4n) is 2.41. The number of carbonyl (C=O) groups is 1. The molecule has 3 N–H and O–H groups in total. The highest BCUT2D eigenvalue weighted by molar-refractivity contribution is 6.34. The normalized spacial score (nSPS) is 23.7. The molecule has 2 rings (SSSR count). The average molecular weight is 267 g/mol. The summed E-state index contributed by atoms with van der Waals surface area (Å²) in [6.45, 7) is 1.89. The second-order valence-electron chi connectivity index (χ2n) is 4.96. The Morgan fingerprint density at radius 2 is 2.11 bits per heavy atom. The molecule has 98 valence electrons. The van der Waals surface area contributed by atoms with Crippen LogP contribution in [0.4, 0.5) is 0 Å². The number of halogens is 1. The minimum Gasteiger partial charge on any atom is -0.348 e. The van der Waals surface area contributed by atoms with Gasteiger partial charge >= 0.3 is 0 Å². The number of nitrogens with two attached hydrogens (primary N) is 1. The average Bonchev–Trinajstić information content (AvgIpc) is 2.35. The number of hydrogen-bond acceptors (Lipinski definition) is 2. The Bertz CT molecular complexity index is 447. The van der Waals surface area contributed by atoms with Crippen LogP contribution in [0.2, 0.25) is 5.02 Å². The summed E-state index contributed by atoms with van der Waals surface area (Å²) in [5, 5.41) is 3.53. The first-order valence-corrected chi connectivity index (χ1v) is 6.79. The first kappa shape index (κ1) is 13.4. The van der Waals surface area contributed by atoms with Gasteiger partial charge in [0.25, 0.3) is 5.91 Å². The first-order valence-electron chi connectivity index (χ1n) is 6.41. The van der Waals surface area contributed by atoms with Crippen LogP contribution in [0.5, 0.6) is 0 Å². The summed E-state index contributed by atoms with van der Waals surface area (Å²) in [5.74, 6) is -0.119. The van der Waals surface area contributed by atoms with E-state index < -0.39 is 0 Å². The molecule has 0 spiro atoms. The van der Waals surface area contributed by atoms with Crippen LogP contribution in [0.15, 0.2) is 18.2 Å². The standard InChI is InChI=1S/C14H19ClN2O/c1-9-5-4-6-10(13(9)15)14(18)17-12-8-3-2-7-11(12)16/h4-6,11-12H,2-3,7-8,16H2,1H3,(H,17,18)/t11-,12-/m1/s1. The van der Waals surface area contributed by atoms with Gasteiger partial charge in [0.05, 0.1) is 10.6 Å². The lowest BCUT2D eigenvalue weighted by molar-refractivity contribution is 0.0921. The summed E-state index contributed by atoms with van der Waals surface area (Å²) in [5.41, 5.74) is 7.48. The van der Waals surface area contributed by atoms with Crippen molar-refractivity contribution in [2.45, 2.75) is 44.7 Å². The van der Waals surface area contributed by atoms with Gasteiger partial charge < -0.3 is 11.1 Å². The molecule has 3 nitrogen and oxygen atoms in total. The molecule has 1 aliphatic rings. The molecule has 0 aliphatic heterocycles. The quantitative estimate of drug-likeness (QED) is 0.865. The highest BCUT2D eigenvalue weighted by Crippen LogP contribution is 2.22. The summed E-state index contributed by atoms with van der Waals surface area (Å²) in [6.07, 6.45) is 4.21. The molecule has 4 heteroatoms. The number of nitrogens with one attached hydrogen (secondary N) is 1. The van der Waals surface area contributed by atoms with Crippen molar-refractivity contribution in [3.05, 3.63) is 34.3 Å². The Kier molecular flexibility index (Phi) is 4.25. The van der Waals surface area contributed by atoms with E-state index in [1.807, 2.05) is 19.1 Å². The molecular formula is C14H19ClN2O. The van der Waals surface area contributed by atoms with Crippen LogP contribution in [0, 0.1) is 6.92 Å². The van der Waals surface area contributed by atoms with Crippen LogP contribution in [0.25, 0.3) is 0 Å². The van der Waals surface area contributed by atoms with Crippen LogP contribution in [-0.2, 0) is 0 Å². The van der Waals surface area contributed by atoms with Crippen LogP contribution in [0.1, 0.15) is 41.6 Å². The van der Waals surface area contributed by atoms with Gasteiger partial charge in [0.1, 0.15) is 0 Å². The Morgan fingerprint density at radius 1 is 1.39 bits per heavy atom. The maximum absolute atomic E-state index is 12.2. The van der Waals surface area contributed by atoms with Gasteiger partial charge in [-0.05, 0) is 31.4 Å². The third kappa shape index (κ3) is 2.85. The molecule has 1 aliphatic carbocycles. The molecular weight excluding hydrogens is 248 g/mol. The number of amides is 1. The topological polar surface area (TPSA) is 55.1 Å². The lowest BCUT2D eigenvalue weighted by Gasteiger charge is -2.29. The van der Waals surface area contributed by atoms with Crippen molar-refractivity contribution in [2.75, 3.05) is 0 Å². The number of carbonyl (C=O) groups excluding carboxylic acids is 1. The van der Waals surface area contributed by atoms with Gasteiger partial charge in [-0.3, -0.25) is 4.79 Å². The zero-order valence-electron chi connectivity index (χ0n) is 10.6. The van der Waals surface area contributed by atoms with Gasteiger partial charge in [-0.2, -0.15) is 0 Å². The molecule has 1 aromatic rings. The van der Waals surface area contributed by atoms with E-state index in [9.17, 15) is 4.79 Å². The van der Waals surface area contributed by atoms with Crippen molar-refractivity contribution in [3.8, 4) is 0 Å². The molecule has 0 unspecified atom stereocenters. The molecule has 0 aromatic heterocycles. The van der Waals surface area contributed by atoms with Crippen molar-refractivity contribution in [1.82, 2.24) is 5.32 Å². The van der Waals surface area contributed by atoms with Gasteiger partial charge in [-0.1, -0.05) is 36.6 Å². The van der Waals surface area contributed by atoms with E-state index in [0.717, 1.165) is 31.2 Å². The van der Waals surface area contributed by atoms with Crippen LogP contribution < -0.4 is 11.1 Å². The summed E-state index contributed by atoms with van der Waals surface area (Å²) in [4.78, 5) is 12.2. The Balaban J connectivity index is 2.09. The van der Waals surface area contributed by atoms with Gasteiger partial charge in [-0.25, -0.2) is 0 Å². The number of aryl methyl sites for hydroxylation is 1. The van der Waals surface area contributed by atoms with Gasteiger partial charge in [0.15, 0.2) is 0 Å². The second kappa shape index (κ2) is 5.72. The minimum absolute atomic E-state index is 0.0614. The molecule has 18 heavy (non-hydrogen) atoms. The van der Waals surface area contributed by atoms with Crippen molar-refractivity contribution in [3.63, 3.8) is 0 Å². The monoisotopic (exact) mass is 266 g/mol. The highest BCUT2D eigenvalue weighted by atomic mass is 35.5. The molecule has 1 amide bonds. The summed E-state index contributed by atoms with van der Waals surface area (Å²) in [7, 11) is 0. The molecule has 0 heterocycles. The second-order valence-corrected chi connectivity index (χ2v) is 5.34. The Hall–Kier alpha value is -1.06. The summed E-state index contributed by atoms with van der Waals surface area (Å²) < 4.78 is 0. The van der Waals surface area contributed by atoms with E-state index in [1.54, 1.807) is 6.07 Å². The van der Waals surface area contributed by atoms with Gasteiger partial charge in [-0.15, -0.1) is 0 Å². The first-order chi connectivity index (χ1) is 8.59. The SMILES string of the molecule is Cc1cccc(C(=O)N[C@@H]2CCCC[C@H]2N)c1Cl. The van der Waals surface area contributed by atoms with Crippen LogP contribution >= 0.6 is 11.6 Å². The van der Waals surface area contributed by atoms with E-state index in [0.29, 0.717) is 10.6 Å². The highest BCUT2D eigenvalue weighted by Gasteiger charge is 2.24. The maximum atomic E-state index is 12.2. The minimum atomic E-state index is -0.119. The zero-order chi connectivity index (χ0) is 13.1. The molecule has 0 saturated heterocycles. The predicted octanol–water partition coefficient (Wildman–Crippen LogP) is 2.65. The Morgan fingerprint density at radius 3 is 2.83 bits per heavy atom. The Labute approximate surface area is 113 Å². The molecule has 0 radical (unpaired) electrons. The van der Waals surface area contributed by atoms with Gasteiger partial charge in [0, 0.05) is 12.1 Å². The predicted molar refractivity (Wildman–Crippen MR) is 73.9 cm³/mol. The van der Waals surface area contributed by atoms with Crippen molar-refractivity contribution >= 4 is 17.5 Å². The van der Waals surface area contributed by atoms with Crippen LogP contribution in [0.3, 0.4) is 0 Å². The van der Waals surface area contributed by atoms with Gasteiger partial charge in [0.2, 0.25) is 0 Å². The van der Waals surface area contributed by atoms with E-state index in [1.165, 1.54) is 0 Å². The third-order valence-electron chi connectivity index (χ3n) is 3.57. The van der Waals surface area contributed by atoms with Crippen molar-refractivity contribution in [2.24, 2.45) is 5.73 Å². The maximum Gasteiger partial charge on any atom is 0.253 e. The smallest absolute Gasteiger partial charge is 0.253 e. The fourth-order valence-corrected chi connectivity index (χ4v) is 2.62.